The highest BCUT2D eigenvalue weighted by molar-refractivity contribution is 5.97. The van der Waals surface area contributed by atoms with Crippen LogP contribution >= 0.6 is 0 Å². The molecule has 0 aliphatic rings. The molecule has 0 fully saturated rings. The van der Waals surface area contributed by atoms with Crippen LogP contribution in [-0.4, -0.2) is 29.9 Å². The highest BCUT2D eigenvalue weighted by Gasteiger charge is 2.25. The average Bonchev–Trinajstić information content (AvgIpc) is 2.75. The summed E-state index contributed by atoms with van der Waals surface area (Å²) in [6.07, 6.45) is 0. The van der Waals surface area contributed by atoms with Crippen LogP contribution in [0.3, 0.4) is 0 Å². The predicted octanol–water partition coefficient (Wildman–Crippen LogP) is 4.58. The molecule has 0 heterocycles. The maximum absolute atomic E-state index is 12.8. The van der Waals surface area contributed by atoms with E-state index >= 15 is 0 Å². The van der Waals surface area contributed by atoms with Gasteiger partial charge < -0.3 is 21.3 Å². The van der Waals surface area contributed by atoms with Crippen molar-refractivity contribution in [2.75, 3.05) is 5.32 Å². The molecule has 4 N–H and O–H groups in total. The third kappa shape index (κ3) is 8.21. The van der Waals surface area contributed by atoms with Crippen LogP contribution in [0.2, 0.25) is 0 Å². The van der Waals surface area contributed by atoms with Crippen molar-refractivity contribution in [3.63, 3.8) is 0 Å². The number of carbonyl (C=O) groups excluding carboxylic acids is 3. The summed E-state index contributed by atoms with van der Waals surface area (Å²) >= 11 is 0. The van der Waals surface area contributed by atoms with Crippen molar-refractivity contribution in [3.05, 3.63) is 65.2 Å². The molecule has 1 unspecified atom stereocenters. The van der Waals surface area contributed by atoms with Crippen LogP contribution in [0.4, 0.5) is 10.5 Å². The standard InChI is InChI=1S/C27H38N4O3/c1-17(2)23(31-24(32)20-10-12-21(13-11-20)27(5,6)7)25(33)28-16-19-8-14-22(15-9-19)30-26(34)29-18(3)4/h8-15,17-18,23H,16H2,1-7H3,(H,28,33)(H,31,32)(H2,29,30,34). The molecule has 184 valence electrons. The second-order valence-corrected chi connectivity index (χ2v) is 10.2. The first-order valence-electron chi connectivity index (χ1n) is 11.7. The number of benzene rings is 2. The van der Waals surface area contributed by atoms with E-state index in [2.05, 4.69) is 42.0 Å². The zero-order valence-corrected chi connectivity index (χ0v) is 21.3. The van der Waals surface area contributed by atoms with Gasteiger partial charge in [0.2, 0.25) is 5.91 Å². The number of rotatable bonds is 8. The first kappa shape index (κ1) is 26.9. The lowest BCUT2D eigenvalue weighted by Crippen LogP contribution is -2.49. The first-order chi connectivity index (χ1) is 15.9. The smallest absolute Gasteiger partial charge is 0.319 e. The normalized spacial score (nSPS) is 12.3. The van der Waals surface area contributed by atoms with Gasteiger partial charge in [-0.3, -0.25) is 9.59 Å². The molecule has 34 heavy (non-hydrogen) atoms. The predicted molar refractivity (Wildman–Crippen MR) is 137 cm³/mol. The Hall–Kier alpha value is -3.35. The van der Waals surface area contributed by atoms with E-state index in [1.165, 1.54) is 0 Å². The van der Waals surface area contributed by atoms with Crippen molar-refractivity contribution in [2.45, 2.75) is 72.5 Å². The fraction of sp³-hybridized carbons (Fsp3) is 0.444. The number of amides is 4. The van der Waals surface area contributed by atoms with E-state index < -0.39 is 6.04 Å². The van der Waals surface area contributed by atoms with Crippen LogP contribution < -0.4 is 21.3 Å². The summed E-state index contributed by atoms with van der Waals surface area (Å²) in [5.74, 6) is -0.596. The summed E-state index contributed by atoms with van der Waals surface area (Å²) in [5, 5.41) is 11.3. The number of carbonyl (C=O) groups is 3. The van der Waals surface area contributed by atoms with E-state index in [1.807, 2.05) is 52.0 Å². The maximum atomic E-state index is 12.8. The summed E-state index contributed by atoms with van der Waals surface area (Å²) in [4.78, 5) is 37.4. The molecule has 0 radical (unpaired) electrons. The Labute approximate surface area is 203 Å². The van der Waals surface area contributed by atoms with Gasteiger partial charge in [0.15, 0.2) is 0 Å². The van der Waals surface area contributed by atoms with E-state index in [9.17, 15) is 14.4 Å². The lowest BCUT2D eigenvalue weighted by atomic mass is 9.86. The van der Waals surface area contributed by atoms with E-state index in [1.54, 1.807) is 24.3 Å². The van der Waals surface area contributed by atoms with Crippen LogP contribution in [0.1, 0.15) is 70.0 Å². The quantitative estimate of drug-likeness (QED) is 0.458. The van der Waals surface area contributed by atoms with E-state index in [0.29, 0.717) is 17.8 Å². The molecule has 0 bridgehead atoms. The first-order valence-corrected chi connectivity index (χ1v) is 11.7. The van der Waals surface area contributed by atoms with E-state index in [0.717, 1.165) is 11.1 Å². The summed E-state index contributed by atoms with van der Waals surface area (Å²) in [6.45, 7) is 14.3. The highest BCUT2D eigenvalue weighted by atomic mass is 16.2. The van der Waals surface area contributed by atoms with Crippen molar-refractivity contribution in [2.24, 2.45) is 5.92 Å². The van der Waals surface area contributed by atoms with Crippen LogP contribution in [-0.2, 0) is 16.8 Å². The molecule has 0 aliphatic heterocycles. The molecule has 0 spiro atoms. The Morgan fingerprint density at radius 3 is 1.91 bits per heavy atom. The summed E-state index contributed by atoms with van der Waals surface area (Å²) in [7, 11) is 0. The monoisotopic (exact) mass is 466 g/mol. The zero-order valence-electron chi connectivity index (χ0n) is 21.3. The Balaban J connectivity index is 1.94. The van der Waals surface area contributed by atoms with Crippen LogP contribution in [0.25, 0.3) is 0 Å². The molecule has 0 aromatic heterocycles. The number of hydrogen-bond acceptors (Lipinski definition) is 3. The Bertz CT molecular complexity index is 974. The van der Waals surface area contributed by atoms with E-state index in [4.69, 9.17) is 0 Å². The molecule has 2 aromatic rings. The molecule has 2 rings (SSSR count). The maximum Gasteiger partial charge on any atom is 0.319 e. The molecule has 2 aromatic carbocycles. The van der Waals surface area contributed by atoms with Gasteiger partial charge in [-0.15, -0.1) is 0 Å². The number of hydrogen-bond donors (Lipinski definition) is 4. The fourth-order valence-electron chi connectivity index (χ4n) is 3.32. The van der Waals surface area contributed by atoms with Crippen molar-refractivity contribution < 1.29 is 14.4 Å². The third-order valence-corrected chi connectivity index (χ3v) is 5.35. The summed E-state index contributed by atoms with van der Waals surface area (Å²) in [6, 6.07) is 13.9. The molecule has 0 saturated heterocycles. The lowest BCUT2D eigenvalue weighted by molar-refractivity contribution is -0.124. The topological polar surface area (TPSA) is 99.3 Å². The minimum absolute atomic E-state index is 0.00409. The molecular weight excluding hydrogens is 428 g/mol. The van der Waals surface area contributed by atoms with Gasteiger partial charge in [0.05, 0.1) is 0 Å². The molecule has 7 heteroatoms. The summed E-state index contributed by atoms with van der Waals surface area (Å²) < 4.78 is 0. The van der Waals surface area contributed by atoms with Gasteiger partial charge >= 0.3 is 6.03 Å². The molecule has 0 saturated carbocycles. The number of anilines is 1. The summed E-state index contributed by atoms with van der Waals surface area (Å²) in [5.41, 5.74) is 3.22. The van der Waals surface area contributed by atoms with Crippen molar-refractivity contribution in [1.82, 2.24) is 16.0 Å². The largest absolute Gasteiger partial charge is 0.350 e. The van der Waals surface area contributed by atoms with Gasteiger partial charge in [0.25, 0.3) is 5.91 Å². The highest BCUT2D eigenvalue weighted by Crippen LogP contribution is 2.22. The van der Waals surface area contributed by atoms with Crippen molar-refractivity contribution in [1.29, 1.82) is 0 Å². The zero-order chi connectivity index (χ0) is 25.5. The van der Waals surface area contributed by atoms with Gasteiger partial charge in [0, 0.05) is 23.8 Å². The average molecular weight is 467 g/mol. The fourth-order valence-corrected chi connectivity index (χ4v) is 3.32. The molecule has 1 atom stereocenters. The van der Waals surface area contributed by atoms with Crippen molar-refractivity contribution in [3.8, 4) is 0 Å². The Morgan fingerprint density at radius 2 is 1.41 bits per heavy atom. The number of urea groups is 1. The lowest BCUT2D eigenvalue weighted by Gasteiger charge is -2.22. The van der Waals surface area contributed by atoms with Crippen LogP contribution in [0.15, 0.2) is 48.5 Å². The SMILES string of the molecule is CC(C)NC(=O)Nc1ccc(CNC(=O)C(NC(=O)c2ccc(C(C)(C)C)cc2)C(C)C)cc1. The second kappa shape index (κ2) is 11.7. The van der Waals surface area contributed by atoms with Gasteiger partial charge in [-0.25, -0.2) is 4.79 Å². The molecule has 0 aliphatic carbocycles. The van der Waals surface area contributed by atoms with Gasteiger partial charge in [0.1, 0.15) is 6.04 Å². The Kier molecular flexibility index (Phi) is 9.24. The van der Waals surface area contributed by atoms with Crippen LogP contribution in [0.5, 0.6) is 0 Å². The molecule has 7 nitrogen and oxygen atoms in total. The van der Waals surface area contributed by atoms with E-state index in [-0.39, 0.29) is 35.2 Å². The molecular formula is C27H38N4O3. The second-order valence-electron chi connectivity index (χ2n) is 10.2. The third-order valence-electron chi connectivity index (χ3n) is 5.35. The molecule has 4 amide bonds. The van der Waals surface area contributed by atoms with Crippen LogP contribution in [0, 0.1) is 5.92 Å². The minimum Gasteiger partial charge on any atom is -0.350 e. The van der Waals surface area contributed by atoms with Gasteiger partial charge in [-0.1, -0.05) is 58.9 Å². The van der Waals surface area contributed by atoms with Gasteiger partial charge in [-0.2, -0.15) is 0 Å². The minimum atomic E-state index is -0.657. The van der Waals surface area contributed by atoms with Gasteiger partial charge in [-0.05, 0) is 60.6 Å². The number of nitrogens with one attached hydrogen (secondary N) is 4. The van der Waals surface area contributed by atoms with Crippen molar-refractivity contribution >= 4 is 23.5 Å². The Morgan fingerprint density at radius 1 is 0.824 bits per heavy atom.